The van der Waals surface area contributed by atoms with E-state index in [-0.39, 0.29) is 11.2 Å². The molecule has 0 bridgehead atoms. The molecule has 0 aromatic carbocycles. The Labute approximate surface area is 124 Å². The summed E-state index contributed by atoms with van der Waals surface area (Å²) in [6.45, 7) is 2.22. The molecule has 4 nitrogen and oxygen atoms in total. The van der Waals surface area contributed by atoms with Crippen LogP contribution in [0.2, 0.25) is 0 Å². The number of hydrogen-bond donors (Lipinski definition) is 2. The lowest BCUT2D eigenvalue weighted by Gasteiger charge is -2.19. The number of thioether (sulfide) groups is 1. The maximum atomic E-state index is 12.0. The molecule has 1 saturated carbocycles. The summed E-state index contributed by atoms with van der Waals surface area (Å²) in [7, 11) is 0. The van der Waals surface area contributed by atoms with Crippen molar-refractivity contribution in [1.82, 2.24) is 10.3 Å². The highest BCUT2D eigenvalue weighted by Gasteiger charge is 2.24. The first-order valence-electron chi connectivity index (χ1n) is 7.20. The molecule has 0 aliphatic heterocycles. The molecular weight excluding hydrogens is 272 g/mol. The normalized spacial score (nSPS) is 18.7. The first-order chi connectivity index (χ1) is 9.66. The summed E-state index contributed by atoms with van der Waals surface area (Å²) in [4.78, 5) is 16.2. The molecule has 2 rings (SSSR count). The van der Waals surface area contributed by atoms with Crippen LogP contribution in [0.15, 0.2) is 29.4 Å². The van der Waals surface area contributed by atoms with Gasteiger partial charge < -0.3 is 10.4 Å². The Balaban J connectivity index is 1.73. The van der Waals surface area contributed by atoms with Gasteiger partial charge in [-0.3, -0.25) is 4.79 Å². The zero-order valence-electron chi connectivity index (χ0n) is 11.8. The summed E-state index contributed by atoms with van der Waals surface area (Å²) in [6, 6.07) is 5.65. The summed E-state index contributed by atoms with van der Waals surface area (Å²) < 4.78 is 0. The van der Waals surface area contributed by atoms with Gasteiger partial charge in [-0.25, -0.2) is 4.98 Å². The molecule has 5 heteroatoms. The number of amides is 1. The van der Waals surface area contributed by atoms with Gasteiger partial charge >= 0.3 is 0 Å². The van der Waals surface area contributed by atoms with Crippen LogP contribution in [0.1, 0.15) is 32.6 Å². The summed E-state index contributed by atoms with van der Waals surface area (Å²) in [5.41, 5.74) is 0. The number of aliphatic hydroxyl groups excluding tert-OH is 1. The zero-order valence-corrected chi connectivity index (χ0v) is 12.6. The van der Waals surface area contributed by atoms with Crippen molar-refractivity contribution in [2.45, 2.75) is 49.0 Å². The summed E-state index contributed by atoms with van der Waals surface area (Å²) >= 11 is 1.43. The summed E-state index contributed by atoms with van der Waals surface area (Å²) in [5.74, 6) is 0.312. The van der Waals surface area contributed by atoms with E-state index in [0.29, 0.717) is 12.5 Å². The molecule has 0 radical (unpaired) electrons. The highest BCUT2D eigenvalue weighted by molar-refractivity contribution is 8.00. The molecule has 1 heterocycles. The van der Waals surface area contributed by atoms with Crippen molar-refractivity contribution in [3.8, 4) is 0 Å². The lowest BCUT2D eigenvalue weighted by Crippen LogP contribution is -2.39. The Morgan fingerprint density at radius 1 is 1.50 bits per heavy atom. The summed E-state index contributed by atoms with van der Waals surface area (Å²) in [6.07, 6.45) is 5.86. The minimum Gasteiger partial charge on any atom is -0.391 e. The van der Waals surface area contributed by atoms with Gasteiger partial charge in [0, 0.05) is 12.7 Å². The van der Waals surface area contributed by atoms with Crippen LogP contribution in [0.25, 0.3) is 0 Å². The Morgan fingerprint density at radius 2 is 2.25 bits per heavy atom. The smallest absolute Gasteiger partial charge is 0.233 e. The van der Waals surface area contributed by atoms with Gasteiger partial charge in [0.15, 0.2) is 0 Å². The molecule has 1 fully saturated rings. The van der Waals surface area contributed by atoms with E-state index in [9.17, 15) is 9.90 Å². The second-order valence-corrected chi connectivity index (χ2v) is 6.65. The number of aromatic nitrogens is 1. The van der Waals surface area contributed by atoms with E-state index in [1.165, 1.54) is 24.6 Å². The second-order valence-electron chi connectivity index (χ2n) is 5.29. The molecule has 2 unspecified atom stereocenters. The van der Waals surface area contributed by atoms with E-state index in [4.69, 9.17) is 0 Å². The van der Waals surface area contributed by atoms with E-state index in [1.807, 2.05) is 25.1 Å². The van der Waals surface area contributed by atoms with Crippen molar-refractivity contribution in [3.63, 3.8) is 0 Å². The lowest BCUT2D eigenvalue weighted by molar-refractivity contribution is -0.120. The minimum atomic E-state index is -0.409. The Kier molecular flexibility index (Phi) is 5.86. The van der Waals surface area contributed by atoms with Crippen LogP contribution in [0, 0.1) is 5.92 Å². The van der Waals surface area contributed by atoms with E-state index in [1.54, 1.807) is 6.20 Å². The molecule has 2 N–H and O–H groups in total. The second kappa shape index (κ2) is 7.64. The third-order valence-corrected chi connectivity index (χ3v) is 4.78. The first-order valence-corrected chi connectivity index (χ1v) is 8.08. The average molecular weight is 294 g/mol. The van der Waals surface area contributed by atoms with Crippen LogP contribution < -0.4 is 5.32 Å². The maximum absolute atomic E-state index is 12.0. The van der Waals surface area contributed by atoms with Crippen molar-refractivity contribution in [1.29, 1.82) is 0 Å². The molecule has 1 aromatic rings. The molecular formula is C15H22N2O2S. The van der Waals surface area contributed by atoms with E-state index in [2.05, 4.69) is 10.3 Å². The molecule has 1 aliphatic carbocycles. The average Bonchev–Trinajstić information content (AvgIpc) is 2.99. The van der Waals surface area contributed by atoms with Gasteiger partial charge in [0.25, 0.3) is 0 Å². The van der Waals surface area contributed by atoms with Crippen molar-refractivity contribution < 1.29 is 9.90 Å². The molecule has 2 atom stereocenters. The fourth-order valence-corrected chi connectivity index (χ4v) is 3.34. The molecule has 1 aliphatic rings. The molecule has 0 saturated heterocycles. The van der Waals surface area contributed by atoms with Crippen LogP contribution in [-0.4, -0.2) is 33.9 Å². The van der Waals surface area contributed by atoms with Gasteiger partial charge in [-0.1, -0.05) is 30.7 Å². The highest BCUT2D eigenvalue weighted by Crippen LogP contribution is 2.27. The Bertz CT molecular complexity index is 421. The van der Waals surface area contributed by atoms with E-state index >= 15 is 0 Å². The molecule has 0 spiro atoms. The minimum absolute atomic E-state index is 0.0438. The van der Waals surface area contributed by atoms with Gasteiger partial charge in [-0.05, 0) is 37.8 Å². The van der Waals surface area contributed by atoms with Gasteiger partial charge in [-0.2, -0.15) is 0 Å². The largest absolute Gasteiger partial charge is 0.391 e. The van der Waals surface area contributed by atoms with Crippen LogP contribution in [0.3, 0.4) is 0 Å². The number of nitrogens with one attached hydrogen (secondary N) is 1. The SMILES string of the molecule is CC(Sc1ccccn1)C(=O)NCC(O)C1CCCC1. The van der Waals surface area contributed by atoms with Crippen LogP contribution in [0.4, 0.5) is 0 Å². The third kappa shape index (κ3) is 4.49. The van der Waals surface area contributed by atoms with Gasteiger partial charge in [-0.15, -0.1) is 0 Å². The number of hydrogen-bond acceptors (Lipinski definition) is 4. The fraction of sp³-hybridized carbons (Fsp3) is 0.600. The van der Waals surface area contributed by atoms with Crippen LogP contribution in [0.5, 0.6) is 0 Å². The number of aliphatic hydroxyl groups is 1. The number of carbonyl (C=O) groups is 1. The van der Waals surface area contributed by atoms with Crippen LogP contribution in [-0.2, 0) is 4.79 Å². The van der Waals surface area contributed by atoms with Crippen molar-refractivity contribution in [2.75, 3.05) is 6.54 Å². The third-order valence-electron chi connectivity index (χ3n) is 3.73. The number of nitrogens with zero attached hydrogens (tertiary/aromatic N) is 1. The number of carbonyl (C=O) groups excluding carboxylic acids is 1. The summed E-state index contributed by atoms with van der Waals surface area (Å²) in [5, 5.41) is 13.5. The van der Waals surface area contributed by atoms with Gasteiger partial charge in [0.1, 0.15) is 0 Å². The Hall–Kier alpha value is -1.07. The van der Waals surface area contributed by atoms with Crippen molar-refractivity contribution in [3.05, 3.63) is 24.4 Å². The molecule has 110 valence electrons. The van der Waals surface area contributed by atoms with Crippen LogP contribution >= 0.6 is 11.8 Å². The fourth-order valence-electron chi connectivity index (χ4n) is 2.51. The lowest BCUT2D eigenvalue weighted by atomic mass is 10.0. The first kappa shape index (κ1) is 15.3. The highest BCUT2D eigenvalue weighted by atomic mass is 32.2. The standard InChI is InChI=1S/C15H22N2O2S/c1-11(20-14-8-4-5-9-16-14)15(19)17-10-13(18)12-6-2-3-7-12/h4-5,8-9,11-13,18H,2-3,6-7,10H2,1H3,(H,17,19). The Morgan fingerprint density at radius 3 is 2.90 bits per heavy atom. The predicted molar refractivity (Wildman–Crippen MR) is 80.5 cm³/mol. The van der Waals surface area contributed by atoms with Gasteiger partial charge in [0.05, 0.1) is 16.4 Å². The molecule has 1 amide bonds. The maximum Gasteiger partial charge on any atom is 0.233 e. The topological polar surface area (TPSA) is 62.2 Å². The quantitative estimate of drug-likeness (QED) is 0.790. The molecule has 1 aromatic heterocycles. The van der Waals surface area contributed by atoms with Crippen molar-refractivity contribution in [2.24, 2.45) is 5.92 Å². The predicted octanol–water partition coefficient (Wildman–Crippen LogP) is 2.23. The van der Waals surface area contributed by atoms with Crippen molar-refractivity contribution >= 4 is 17.7 Å². The number of rotatable bonds is 6. The zero-order chi connectivity index (χ0) is 14.4. The number of pyridine rings is 1. The van der Waals surface area contributed by atoms with E-state index < -0.39 is 6.10 Å². The van der Waals surface area contributed by atoms with E-state index in [0.717, 1.165) is 17.9 Å². The molecule has 20 heavy (non-hydrogen) atoms. The monoisotopic (exact) mass is 294 g/mol. The van der Waals surface area contributed by atoms with Gasteiger partial charge in [0.2, 0.25) is 5.91 Å².